The Morgan fingerprint density at radius 2 is 2.08 bits per heavy atom. The summed E-state index contributed by atoms with van der Waals surface area (Å²) in [5.41, 5.74) is 6.52. The van der Waals surface area contributed by atoms with E-state index in [9.17, 15) is 0 Å². The van der Waals surface area contributed by atoms with Crippen molar-refractivity contribution in [3.63, 3.8) is 0 Å². The minimum Gasteiger partial charge on any atom is -0.506 e. The number of halogens is 2. The van der Waals surface area contributed by atoms with E-state index in [4.69, 9.17) is 22.4 Å². The molecular weight excluding hydrogens is 197 g/mol. The molecule has 0 saturated carbocycles. The van der Waals surface area contributed by atoms with Gasteiger partial charge in [0.15, 0.2) is 0 Å². The van der Waals surface area contributed by atoms with E-state index in [1.165, 1.54) is 0 Å². The van der Waals surface area contributed by atoms with Crippen molar-refractivity contribution in [1.82, 2.24) is 0 Å². The summed E-state index contributed by atoms with van der Waals surface area (Å²) >= 11 is 5.65. The first-order valence-electron chi connectivity index (χ1n) is 3.35. The van der Waals surface area contributed by atoms with Crippen LogP contribution in [0.3, 0.4) is 0 Å². The van der Waals surface area contributed by atoms with E-state index in [0.717, 1.165) is 5.56 Å². The maximum atomic E-state index is 9.05. The Bertz CT molecular complexity index is 263. The lowest BCUT2D eigenvalue weighted by Gasteiger charge is -2.05. The van der Waals surface area contributed by atoms with Gasteiger partial charge in [-0.05, 0) is 24.6 Å². The van der Waals surface area contributed by atoms with Crippen LogP contribution in [0, 0.1) is 0 Å². The lowest BCUT2D eigenvalue weighted by atomic mass is 10.1. The van der Waals surface area contributed by atoms with Gasteiger partial charge in [0.1, 0.15) is 5.75 Å². The highest BCUT2D eigenvalue weighted by Gasteiger charge is 2.02. The number of hydrogen-bond acceptors (Lipinski definition) is 2. The highest BCUT2D eigenvalue weighted by Crippen LogP contribution is 2.25. The van der Waals surface area contributed by atoms with Gasteiger partial charge in [-0.15, -0.1) is 12.4 Å². The first-order valence-corrected chi connectivity index (χ1v) is 3.73. The Kier molecular flexibility index (Phi) is 4.39. The zero-order chi connectivity index (χ0) is 8.43. The molecule has 0 saturated heterocycles. The molecule has 0 aliphatic rings. The predicted molar refractivity (Wildman–Crippen MR) is 53.0 cm³/mol. The van der Waals surface area contributed by atoms with Crippen LogP contribution in [0.15, 0.2) is 18.2 Å². The lowest BCUT2D eigenvalue weighted by Crippen LogP contribution is -2.04. The van der Waals surface area contributed by atoms with E-state index >= 15 is 0 Å². The fourth-order valence-electron chi connectivity index (χ4n) is 0.806. The third-order valence-electron chi connectivity index (χ3n) is 1.50. The number of nitrogens with two attached hydrogens (primary N) is 1. The van der Waals surface area contributed by atoms with Gasteiger partial charge in [-0.3, -0.25) is 0 Å². The van der Waals surface area contributed by atoms with Gasteiger partial charge in [0.25, 0.3) is 0 Å². The first-order chi connectivity index (χ1) is 5.11. The Hall–Kier alpha value is -0.440. The number of phenolic OH excluding ortho intramolecular Hbond substituents is 1. The lowest BCUT2D eigenvalue weighted by molar-refractivity contribution is 0.475. The zero-order valence-electron chi connectivity index (χ0n) is 6.62. The number of benzene rings is 1. The summed E-state index contributed by atoms with van der Waals surface area (Å²) in [6.07, 6.45) is 0. The van der Waals surface area contributed by atoms with Crippen LogP contribution in [0.5, 0.6) is 5.75 Å². The molecule has 1 unspecified atom stereocenters. The highest BCUT2D eigenvalue weighted by molar-refractivity contribution is 6.32. The molecular formula is C8H11Cl2NO. The zero-order valence-corrected chi connectivity index (χ0v) is 8.19. The van der Waals surface area contributed by atoms with Crippen LogP contribution in [0.25, 0.3) is 0 Å². The van der Waals surface area contributed by atoms with Gasteiger partial charge in [-0.25, -0.2) is 0 Å². The van der Waals surface area contributed by atoms with Crippen molar-refractivity contribution in [2.24, 2.45) is 5.73 Å². The van der Waals surface area contributed by atoms with Crippen molar-refractivity contribution < 1.29 is 5.11 Å². The summed E-state index contributed by atoms with van der Waals surface area (Å²) in [5.74, 6) is 0.0936. The Labute approximate surface area is 82.8 Å². The van der Waals surface area contributed by atoms with Gasteiger partial charge < -0.3 is 10.8 Å². The standard InChI is InChI=1S/C8H10ClNO.ClH/c1-5(10)6-2-3-8(11)7(9)4-6;/h2-5,11H,10H2,1H3;1H. The van der Waals surface area contributed by atoms with Crippen molar-refractivity contribution in [2.75, 3.05) is 0 Å². The monoisotopic (exact) mass is 207 g/mol. The van der Waals surface area contributed by atoms with E-state index in [1.807, 2.05) is 6.92 Å². The minimum atomic E-state index is -0.0481. The van der Waals surface area contributed by atoms with Gasteiger partial charge in [0.2, 0.25) is 0 Å². The fraction of sp³-hybridized carbons (Fsp3) is 0.250. The van der Waals surface area contributed by atoms with E-state index in [-0.39, 0.29) is 24.2 Å². The van der Waals surface area contributed by atoms with Crippen LogP contribution in [-0.2, 0) is 0 Å². The predicted octanol–water partition coefficient (Wildman–Crippen LogP) is 2.49. The number of hydrogen-bond donors (Lipinski definition) is 2. The third-order valence-corrected chi connectivity index (χ3v) is 1.80. The quantitative estimate of drug-likeness (QED) is 0.744. The van der Waals surface area contributed by atoms with Crippen LogP contribution >= 0.6 is 24.0 Å². The van der Waals surface area contributed by atoms with Crippen molar-refractivity contribution >= 4 is 24.0 Å². The van der Waals surface area contributed by atoms with Gasteiger partial charge in [0, 0.05) is 6.04 Å². The van der Waals surface area contributed by atoms with Crippen LogP contribution in [0.4, 0.5) is 0 Å². The SMILES string of the molecule is CC(N)c1ccc(O)c(Cl)c1.Cl. The summed E-state index contributed by atoms with van der Waals surface area (Å²) in [7, 11) is 0. The normalized spacial score (nSPS) is 11.9. The van der Waals surface area contributed by atoms with Gasteiger partial charge >= 0.3 is 0 Å². The van der Waals surface area contributed by atoms with Gasteiger partial charge in [-0.1, -0.05) is 17.7 Å². The molecule has 0 bridgehead atoms. The van der Waals surface area contributed by atoms with E-state index < -0.39 is 0 Å². The Balaban J connectivity index is 0.00000121. The van der Waals surface area contributed by atoms with Crippen LogP contribution in [0.1, 0.15) is 18.5 Å². The Morgan fingerprint density at radius 3 is 2.50 bits per heavy atom. The molecule has 0 amide bonds. The average molecular weight is 208 g/mol. The number of rotatable bonds is 1. The summed E-state index contributed by atoms with van der Waals surface area (Å²) in [6, 6.07) is 4.92. The molecule has 0 aromatic heterocycles. The maximum Gasteiger partial charge on any atom is 0.134 e. The molecule has 12 heavy (non-hydrogen) atoms. The third kappa shape index (κ3) is 2.55. The van der Waals surface area contributed by atoms with Gasteiger partial charge in [0.05, 0.1) is 5.02 Å². The van der Waals surface area contributed by atoms with Crippen LogP contribution in [0.2, 0.25) is 5.02 Å². The minimum absolute atomic E-state index is 0. The summed E-state index contributed by atoms with van der Waals surface area (Å²) in [6.45, 7) is 1.86. The second-order valence-corrected chi connectivity index (χ2v) is 2.91. The van der Waals surface area contributed by atoms with Crippen LogP contribution in [-0.4, -0.2) is 5.11 Å². The largest absolute Gasteiger partial charge is 0.506 e. The molecule has 4 heteroatoms. The smallest absolute Gasteiger partial charge is 0.134 e. The molecule has 1 aromatic carbocycles. The van der Waals surface area contributed by atoms with Crippen LogP contribution < -0.4 is 5.73 Å². The molecule has 1 aromatic rings. The first kappa shape index (κ1) is 11.6. The molecule has 2 nitrogen and oxygen atoms in total. The molecule has 0 spiro atoms. The second kappa shape index (κ2) is 4.55. The second-order valence-electron chi connectivity index (χ2n) is 2.50. The number of phenols is 1. The molecule has 68 valence electrons. The average Bonchev–Trinajstić information content (AvgIpc) is 1.94. The highest BCUT2D eigenvalue weighted by atomic mass is 35.5. The van der Waals surface area contributed by atoms with Crippen molar-refractivity contribution in [1.29, 1.82) is 0 Å². The van der Waals surface area contributed by atoms with Crippen molar-refractivity contribution in [3.05, 3.63) is 28.8 Å². The topological polar surface area (TPSA) is 46.2 Å². The van der Waals surface area contributed by atoms with Gasteiger partial charge in [-0.2, -0.15) is 0 Å². The maximum absolute atomic E-state index is 9.05. The molecule has 0 fully saturated rings. The molecule has 0 radical (unpaired) electrons. The molecule has 1 rings (SSSR count). The van der Waals surface area contributed by atoms with E-state index in [2.05, 4.69) is 0 Å². The Morgan fingerprint density at radius 1 is 1.50 bits per heavy atom. The molecule has 1 atom stereocenters. The molecule has 0 aliphatic carbocycles. The summed E-state index contributed by atoms with van der Waals surface area (Å²) in [4.78, 5) is 0. The van der Waals surface area contributed by atoms with Crippen molar-refractivity contribution in [2.45, 2.75) is 13.0 Å². The summed E-state index contributed by atoms with van der Waals surface area (Å²) < 4.78 is 0. The van der Waals surface area contributed by atoms with E-state index in [0.29, 0.717) is 5.02 Å². The van der Waals surface area contributed by atoms with Crippen molar-refractivity contribution in [3.8, 4) is 5.75 Å². The molecule has 3 N–H and O–H groups in total. The van der Waals surface area contributed by atoms with E-state index in [1.54, 1.807) is 18.2 Å². The molecule has 0 heterocycles. The fourth-order valence-corrected chi connectivity index (χ4v) is 0.995. The molecule has 0 aliphatic heterocycles. The summed E-state index contributed by atoms with van der Waals surface area (Å²) in [5, 5.41) is 9.40. The number of aromatic hydroxyl groups is 1.